The van der Waals surface area contributed by atoms with Crippen LogP contribution in [0.5, 0.6) is 11.5 Å². The van der Waals surface area contributed by atoms with Gasteiger partial charge in [-0.25, -0.2) is 4.98 Å². The topological polar surface area (TPSA) is 65.7 Å². The van der Waals surface area contributed by atoms with Gasteiger partial charge in [0, 0.05) is 26.7 Å². The molecule has 5 rings (SSSR count). The van der Waals surface area contributed by atoms with Crippen LogP contribution < -0.4 is 15.0 Å². The molecule has 0 N–H and O–H groups in total. The molecule has 0 bridgehead atoms. The number of methoxy groups -OCH3 is 1. The van der Waals surface area contributed by atoms with Crippen molar-refractivity contribution in [3.05, 3.63) is 120 Å². The summed E-state index contributed by atoms with van der Waals surface area (Å²) in [5.41, 5.74) is 4.37. The van der Waals surface area contributed by atoms with Gasteiger partial charge in [-0.15, -0.1) is 0 Å². The highest BCUT2D eigenvalue weighted by Crippen LogP contribution is 2.35. The van der Waals surface area contributed by atoms with Gasteiger partial charge >= 0.3 is 0 Å². The first-order valence-corrected chi connectivity index (χ1v) is 14.8. The van der Waals surface area contributed by atoms with Gasteiger partial charge in [0.05, 0.1) is 28.7 Å². The quantitative estimate of drug-likeness (QED) is 0.155. The van der Waals surface area contributed by atoms with Crippen LogP contribution in [-0.4, -0.2) is 23.0 Å². The number of rotatable bonds is 8. The van der Waals surface area contributed by atoms with Crippen molar-refractivity contribution in [3.8, 4) is 22.9 Å². The smallest absolute Gasteiger partial charge is 0.282 e. The van der Waals surface area contributed by atoms with Crippen molar-refractivity contribution < 1.29 is 9.47 Å². The molecule has 0 amide bonds. The Labute approximate surface area is 262 Å². The number of hydrogen-bond acceptors (Lipinski definition) is 5. The molecule has 0 aliphatic rings. The summed E-state index contributed by atoms with van der Waals surface area (Å²) >= 11 is 16.3. The highest BCUT2D eigenvalue weighted by atomic mass is 79.9. The zero-order valence-electron chi connectivity index (χ0n) is 23.5. The van der Waals surface area contributed by atoms with Crippen molar-refractivity contribution in [2.24, 2.45) is 5.10 Å². The number of fused-ring (bicyclic) bond motifs is 1. The van der Waals surface area contributed by atoms with Gasteiger partial charge in [-0.3, -0.25) is 4.79 Å². The molecule has 0 saturated heterocycles. The number of halogens is 3. The third kappa shape index (κ3) is 6.09. The lowest BCUT2D eigenvalue weighted by Gasteiger charge is -2.17. The van der Waals surface area contributed by atoms with Gasteiger partial charge in [0.2, 0.25) is 0 Å². The van der Waals surface area contributed by atoms with Crippen LogP contribution in [0, 0.1) is 6.92 Å². The van der Waals surface area contributed by atoms with Gasteiger partial charge < -0.3 is 9.47 Å². The largest absolute Gasteiger partial charge is 0.496 e. The van der Waals surface area contributed by atoms with Crippen LogP contribution in [0.3, 0.4) is 0 Å². The van der Waals surface area contributed by atoms with Gasteiger partial charge in [-0.05, 0) is 82.4 Å². The van der Waals surface area contributed by atoms with Crippen molar-refractivity contribution in [1.29, 1.82) is 0 Å². The first-order valence-electron chi connectivity index (χ1n) is 13.3. The van der Waals surface area contributed by atoms with E-state index in [1.165, 1.54) is 4.68 Å². The van der Waals surface area contributed by atoms with Gasteiger partial charge in [-0.1, -0.05) is 67.4 Å². The second-order valence-corrected chi connectivity index (χ2v) is 11.8. The molecule has 4 aromatic carbocycles. The van der Waals surface area contributed by atoms with Gasteiger partial charge in [-0.2, -0.15) is 9.78 Å². The number of nitrogens with zero attached hydrogens (tertiary/aromatic N) is 3. The van der Waals surface area contributed by atoms with Crippen molar-refractivity contribution in [1.82, 2.24) is 9.66 Å². The molecular weight excluding hydrogens is 637 g/mol. The van der Waals surface area contributed by atoms with E-state index >= 15 is 0 Å². The van der Waals surface area contributed by atoms with Crippen molar-refractivity contribution in [2.75, 3.05) is 7.11 Å². The van der Waals surface area contributed by atoms with Crippen LogP contribution >= 0.6 is 39.1 Å². The Bertz CT molecular complexity index is 1890. The SMILES string of the molecule is COc1cc(C)c(-c2nc3ccccc3c(=O)n2N=Cc2cc(Cl)cc(Br)c2OCc2ccccc2Cl)cc1C(C)C. The predicted molar refractivity (Wildman–Crippen MR) is 175 cm³/mol. The normalized spacial score (nSPS) is 11.5. The van der Waals surface area contributed by atoms with Gasteiger partial charge in [0.1, 0.15) is 18.1 Å². The number of benzene rings is 4. The molecule has 1 heterocycles. The van der Waals surface area contributed by atoms with E-state index in [0.717, 1.165) is 28.0 Å². The summed E-state index contributed by atoms with van der Waals surface area (Å²) in [4.78, 5) is 18.8. The molecule has 9 heteroatoms. The predicted octanol–water partition coefficient (Wildman–Crippen LogP) is 9.03. The third-order valence-electron chi connectivity index (χ3n) is 6.87. The van der Waals surface area contributed by atoms with E-state index in [1.54, 1.807) is 31.5 Å². The standard InChI is InChI=1S/C33H28BrCl2N3O3/c1-19(2)25-16-26(20(3)13-30(25)41-4)32-38-29-12-8-6-10-24(29)33(40)39(32)37-17-22-14-23(35)15-27(34)31(22)42-18-21-9-5-7-11-28(21)36/h5-17,19H,18H2,1-4H3. The minimum atomic E-state index is -0.298. The average Bonchev–Trinajstić information content (AvgIpc) is 2.96. The lowest BCUT2D eigenvalue weighted by Crippen LogP contribution is -2.21. The molecule has 5 aromatic rings. The van der Waals surface area contributed by atoms with E-state index in [0.29, 0.717) is 42.6 Å². The monoisotopic (exact) mass is 663 g/mol. The maximum Gasteiger partial charge on any atom is 0.282 e. The zero-order valence-corrected chi connectivity index (χ0v) is 26.6. The summed E-state index contributed by atoms with van der Waals surface area (Å²) in [5, 5.41) is 6.21. The lowest BCUT2D eigenvalue weighted by molar-refractivity contribution is 0.304. The maximum absolute atomic E-state index is 13.9. The Kier molecular flexibility index (Phi) is 9.02. The third-order valence-corrected chi connectivity index (χ3v) is 8.05. The molecule has 0 unspecified atom stereocenters. The number of aryl methyl sites for hydroxylation is 1. The van der Waals surface area contributed by atoms with E-state index in [9.17, 15) is 4.79 Å². The Hall–Kier alpha value is -3.65. The lowest BCUT2D eigenvalue weighted by atomic mass is 9.96. The number of aromatic nitrogens is 2. The Morgan fingerprint density at radius 3 is 2.52 bits per heavy atom. The summed E-state index contributed by atoms with van der Waals surface area (Å²) < 4.78 is 13.8. The van der Waals surface area contributed by atoms with Crippen molar-refractivity contribution in [2.45, 2.75) is 33.3 Å². The van der Waals surface area contributed by atoms with E-state index in [-0.39, 0.29) is 18.1 Å². The molecule has 0 aliphatic heterocycles. The number of para-hydroxylation sites is 1. The minimum absolute atomic E-state index is 0.185. The molecule has 1 aromatic heterocycles. The fraction of sp³-hybridized carbons (Fsp3) is 0.182. The number of hydrogen-bond donors (Lipinski definition) is 0. The first kappa shape index (κ1) is 29.8. The van der Waals surface area contributed by atoms with E-state index in [2.05, 4.69) is 34.9 Å². The summed E-state index contributed by atoms with van der Waals surface area (Å²) in [6.45, 7) is 6.38. The van der Waals surface area contributed by atoms with E-state index in [1.807, 2.05) is 61.5 Å². The second kappa shape index (κ2) is 12.7. The molecule has 42 heavy (non-hydrogen) atoms. The Balaban J connectivity index is 1.67. The van der Waals surface area contributed by atoms with E-state index in [4.69, 9.17) is 37.7 Å². The number of ether oxygens (including phenoxy) is 2. The molecule has 0 fully saturated rings. The van der Waals surface area contributed by atoms with Gasteiger partial charge in [0.15, 0.2) is 5.82 Å². The molecule has 214 valence electrons. The van der Waals surface area contributed by atoms with Crippen LogP contribution in [0.2, 0.25) is 10.0 Å². The molecule has 0 aliphatic carbocycles. The van der Waals surface area contributed by atoms with Crippen LogP contribution in [0.25, 0.3) is 22.3 Å². The summed E-state index contributed by atoms with van der Waals surface area (Å²) in [7, 11) is 1.66. The molecule has 0 saturated carbocycles. The summed E-state index contributed by atoms with van der Waals surface area (Å²) in [6, 6.07) is 22.2. The van der Waals surface area contributed by atoms with E-state index < -0.39 is 0 Å². The fourth-order valence-corrected chi connectivity index (χ4v) is 5.82. The maximum atomic E-state index is 13.9. The summed E-state index contributed by atoms with van der Waals surface area (Å²) in [5.74, 6) is 1.89. The van der Waals surface area contributed by atoms with Crippen LogP contribution in [0.1, 0.15) is 42.0 Å². The van der Waals surface area contributed by atoms with Crippen LogP contribution in [0.4, 0.5) is 0 Å². The first-order chi connectivity index (χ1) is 20.2. The molecule has 0 atom stereocenters. The zero-order chi connectivity index (χ0) is 30.0. The molecular formula is C33H28BrCl2N3O3. The van der Waals surface area contributed by atoms with Crippen molar-refractivity contribution in [3.63, 3.8) is 0 Å². The van der Waals surface area contributed by atoms with Crippen LogP contribution in [0.15, 0.2) is 87.2 Å². The average molecular weight is 665 g/mol. The Morgan fingerprint density at radius 1 is 1.05 bits per heavy atom. The van der Waals surface area contributed by atoms with Crippen LogP contribution in [-0.2, 0) is 6.61 Å². The second-order valence-electron chi connectivity index (χ2n) is 10.1. The fourth-order valence-electron chi connectivity index (χ4n) is 4.69. The highest BCUT2D eigenvalue weighted by molar-refractivity contribution is 9.10. The van der Waals surface area contributed by atoms with Crippen molar-refractivity contribution >= 4 is 56.2 Å². The Morgan fingerprint density at radius 2 is 1.79 bits per heavy atom. The highest BCUT2D eigenvalue weighted by Gasteiger charge is 2.19. The summed E-state index contributed by atoms with van der Waals surface area (Å²) in [6.07, 6.45) is 1.56. The molecule has 0 spiro atoms. The molecule has 6 nitrogen and oxygen atoms in total. The van der Waals surface area contributed by atoms with Gasteiger partial charge in [0.25, 0.3) is 5.56 Å². The minimum Gasteiger partial charge on any atom is -0.496 e. The molecule has 0 radical (unpaired) electrons.